The van der Waals surface area contributed by atoms with Gasteiger partial charge in [0.15, 0.2) is 0 Å². The maximum absolute atomic E-state index is 11.0. The Morgan fingerprint density at radius 3 is 2.16 bits per heavy atom. The van der Waals surface area contributed by atoms with Crippen LogP contribution in [0, 0.1) is 0 Å². The Hall–Kier alpha value is -2.06. The van der Waals surface area contributed by atoms with E-state index in [9.17, 15) is 18.4 Å². The summed E-state index contributed by atoms with van der Waals surface area (Å²) in [6.07, 6.45) is 0. The number of carboxylic acid groups (broad SMARTS) is 1. The molecule has 0 saturated heterocycles. The van der Waals surface area contributed by atoms with Gasteiger partial charge in [0.25, 0.3) is 0 Å². The summed E-state index contributed by atoms with van der Waals surface area (Å²) in [5.41, 5.74) is 0.291. The normalized spacial score (nSPS) is 10.4. The summed E-state index contributed by atoms with van der Waals surface area (Å²) in [4.78, 5) is 21.0. The van der Waals surface area contributed by atoms with Crippen LogP contribution in [0.25, 0.3) is 0 Å². The number of aromatic carboxylic acids is 1. The third-order valence-electron chi connectivity index (χ3n) is 2.71. The average molecular weight is 476 g/mol. The first-order chi connectivity index (χ1) is 11.5. The fourth-order valence-corrected chi connectivity index (χ4v) is 3.50. The van der Waals surface area contributed by atoms with Crippen molar-refractivity contribution in [1.29, 1.82) is 0 Å². The number of hydrogen-bond donors (Lipinski definition) is 5. The quantitative estimate of drug-likeness (QED) is 0.329. The summed E-state index contributed by atoms with van der Waals surface area (Å²) < 4.78 is 29.2. The van der Waals surface area contributed by atoms with Crippen molar-refractivity contribution in [3.63, 3.8) is 0 Å². The van der Waals surface area contributed by atoms with Crippen molar-refractivity contribution < 1.29 is 31.7 Å². The molecule has 0 aliphatic carbocycles. The van der Waals surface area contributed by atoms with Crippen molar-refractivity contribution in [2.75, 3.05) is 5.32 Å². The number of rotatable bonds is 3. The second-order valence-electron chi connectivity index (χ2n) is 4.71. The van der Waals surface area contributed by atoms with Gasteiger partial charge in [-0.25, -0.2) is 4.79 Å². The van der Waals surface area contributed by atoms with Crippen LogP contribution in [0.2, 0.25) is 0 Å². The Morgan fingerprint density at radius 1 is 1.12 bits per heavy atom. The van der Waals surface area contributed by atoms with Gasteiger partial charge in [0.05, 0.1) is 5.56 Å². The van der Waals surface area contributed by atoms with Crippen LogP contribution >= 0.6 is 15.9 Å². The number of phenolic OH excluding ortho intramolecular Hbond substituents is 1. The molecule has 8 nitrogen and oxygen atoms in total. The van der Waals surface area contributed by atoms with Gasteiger partial charge in [-0.15, -0.1) is 0 Å². The van der Waals surface area contributed by atoms with Gasteiger partial charge in [0, 0.05) is 4.47 Å². The molecule has 10 heteroatoms. The first-order valence-corrected chi connectivity index (χ1v) is 10.8. The summed E-state index contributed by atoms with van der Waals surface area (Å²) in [7, 11) is 0. The Morgan fingerprint density at radius 2 is 1.72 bits per heavy atom. The molecule has 1 amide bonds. The molecule has 25 heavy (non-hydrogen) atoms. The molecule has 2 rings (SSSR count). The maximum Gasteiger partial charge on any atom is 0.335 e. The molecular weight excluding hydrogens is 461 g/mol. The number of para-hydroxylation sites is 1. The fourth-order valence-electron chi connectivity index (χ4n) is 1.68. The van der Waals surface area contributed by atoms with Crippen molar-refractivity contribution in [2.24, 2.45) is 0 Å². The summed E-state index contributed by atoms with van der Waals surface area (Å²) >= 11 is -1.98. The van der Waals surface area contributed by atoms with Crippen molar-refractivity contribution in [3.8, 4) is 5.75 Å². The van der Waals surface area contributed by atoms with E-state index in [4.69, 9.17) is 13.3 Å². The summed E-state index contributed by atoms with van der Waals surface area (Å²) in [5.74, 6) is -1.91. The van der Waals surface area contributed by atoms with Gasteiger partial charge in [-0.2, -0.15) is 0 Å². The molecule has 134 valence electrons. The van der Waals surface area contributed by atoms with Crippen LogP contribution < -0.4 is 9.67 Å². The molecule has 0 aliphatic rings. The van der Waals surface area contributed by atoms with Gasteiger partial charge >= 0.3 is 94.1 Å². The summed E-state index contributed by atoms with van der Waals surface area (Å²) in [6.45, 7) is 1.23. The summed E-state index contributed by atoms with van der Waals surface area (Å²) in [6, 6.07) is 10.4. The number of carbonyl (C=O) groups is 2. The minimum atomic E-state index is -5.15. The van der Waals surface area contributed by atoms with Crippen molar-refractivity contribution in [1.82, 2.24) is 0 Å². The number of phenols is 1. The average Bonchev–Trinajstić information content (AvgIpc) is 2.48. The largest absolute Gasteiger partial charge is 0.478 e. The van der Waals surface area contributed by atoms with Crippen molar-refractivity contribution in [2.45, 2.75) is 6.92 Å². The number of anilines is 1. The van der Waals surface area contributed by atoms with E-state index in [0.717, 1.165) is 10.5 Å². The fraction of sp³-hybridized carbons (Fsp3) is 0.0667. The molecule has 0 aromatic heterocycles. The molecular formula is C15H15AsBrNO7. The van der Waals surface area contributed by atoms with E-state index in [1.54, 1.807) is 24.3 Å². The molecule has 0 radical (unpaired) electrons. The van der Waals surface area contributed by atoms with E-state index < -0.39 is 36.1 Å². The van der Waals surface area contributed by atoms with Crippen LogP contribution in [-0.4, -0.2) is 44.5 Å². The molecule has 2 aromatic carbocycles. The molecule has 0 aliphatic heterocycles. The topological polar surface area (TPSA) is 144 Å². The van der Waals surface area contributed by atoms with Gasteiger partial charge < -0.3 is 5.11 Å². The van der Waals surface area contributed by atoms with Crippen LogP contribution in [0.3, 0.4) is 0 Å². The van der Waals surface area contributed by atoms with Gasteiger partial charge in [-0.05, 0) is 18.2 Å². The number of carbonyl (C=O) groups excluding carboxylic acids is 1. The predicted octanol–water partition coefficient (Wildman–Crippen LogP) is 1.06. The Bertz CT molecular complexity index is 834. The smallest absolute Gasteiger partial charge is 0.335 e. The van der Waals surface area contributed by atoms with Crippen LogP contribution in [0.15, 0.2) is 46.9 Å². The standard InChI is InChI=1S/C8H10AsNO5.C7H5BrO2/c1-5(11)10-7-4-2-3-6(8(7)12)9(13,14)15;8-6-3-1-2-5(4-6)7(9)10/h2-4,12H,1H3,(H,10,11)(H2,13,14,15);1-4H,(H,9,10). The van der Waals surface area contributed by atoms with E-state index in [0.29, 0.717) is 5.56 Å². The molecule has 0 spiro atoms. The van der Waals surface area contributed by atoms with Crippen LogP contribution in [0.1, 0.15) is 17.3 Å². The second kappa shape index (κ2) is 8.87. The molecule has 0 fully saturated rings. The number of carboxylic acids is 1. The summed E-state index contributed by atoms with van der Waals surface area (Å²) in [5, 5.41) is 20.2. The molecule has 0 bridgehead atoms. The predicted molar refractivity (Wildman–Crippen MR) is 94.0 cm³/mol. The van der Waals surface area contributed by atoms with Crippen molar-refractivity contribution in [3.05, 3.63) is 52.5 Å². The zero-order valence-corrected chi connectivity index (χ0v) is 16.3. The number of halogens is 1. The minimum absolute atomic E-state index is 0.00951. The van der Waals surface area contributed by atoms with Crippen molar-refractivity contribution >= 4 is 52.0 Å². The van der Waals surface area contributed by atoms with E-state index >= 15 is 0 Å². The molecule has 0 atom stereocenters. The number of benzene rings is 2. The zero-order chi connectivity index (χ0) is 19.2. The SMILES string of the molecule is CC(=O)Nc1cccc([As](=O)(O)O)c1O.O=C(O)c1cccc(Br)c1. The molecule has 2 aromatic rings. The van der Waals surface area contributed by atoms with Crippen LogP contribution in [-0.2, 0) is 8.53 Å². The Balaban J connectivity index is 0.000000271. The third kappa shape index (κ3) is 6.75. The minimum Gasteiger partial charge on any atom is -0.478 e. The molecule has 5 N–H and O–H groups in total. The zero-order valence-electron chi connectivity index (χ0n) is 12.9. The number of amides is 1. The maximum atomic E-state index is 11.0. The molecule has 0 unspecified atom stereocenters. The number of nitrogens with one attached hydrogen (secondary N) is 1. The number of hydrogen-bond acceptors (Lipinski definition) is 4. The van der Waals surface area contributed by atoms with Crippen LogP contribution in [0.4, 0.5) is 5.69 Å². The molecule has 0 heterocycles. The van der Waals surface area contributed by atoms with E-state index in [1.807, 2.05) is 0 Å². The van der Waals surface area contributed by atoms with Gasteiger partial charge in [-0.1, -0.05) is 22.0 Å². The Labute approximate surface area is 154 Å². The van der Waals surface area contributed by atoms with E-state index in [1.165, 1.54) is 19.1 Å². The van der Waals surface area contributed by atoms with Gasteiger partial charge in [0.1, 0.15) is 0 Å². The third-order valence-corrected chi connectivity index (χ3v) is 5.28. The first-order valence-electron chi connectivity index (χ1n) is 6.67. The van der Waals surface area contributed by atoms with Gasteiger partial charge in [0.2, 0.25) is 0 Å². The van der Waals surface area contributed by atoms with E-state index in [-0.39, 0.29) is 5.69 Å². The van der Waals surface area contributed by atoms with Gasteiger partial charge in [-0.3, -0.25) is 0 Å². The Kier molecular flexibility index (Phi) is 7.44. The van der Waals surface area contributed by atoms with E-state index in [2.05, 4.69) is 21.2 Å². The second-order valence-corrected chi connectivity index (χ2v) is 8.92. The molecule has 0 saturated carbocycles. The monoisotopic (exact) mass is 475 g/mol. The number of aromatic hydroxyl groups is 1. The first kappa shape index (κ1) is 21.0. The van der Waals surface area contributed by atoms with Crippen LogP contribution in [0.5, 0.6) is 5.75 Å².